The van der Waals surface area contributed by atoms with Gasteiger partial charge in [0, 0.05) is 10.0 Å². The van der Waals surface area contributed by atoms with Crippen LogP contribution in [-0.2, 0) is 0 Å². The monoisotopic (exact) mass is 256 g/mol. The van der Waals surface area contributed by atoms with Crippen molar-refractivity contribution in [1.29, 1.82) is 0 Å². The van der Waals surface area contributed by atoms with E-state index in [1.165, 1.54) is 0 Å². The van der Waals surface area contributed by atoms with Gasteiger partial charge in [-0.25, -0.2) is 0 Å². The van der Waals surface area contributed by atoms with Gasteiger partial charge in [-0.3, -0.25) is 0 Å². The van der Waals surface area contributed by atoms with Gasteiger partial charge in [-0.1, -0.05) is 52.2 Å². The molecule has 1 heteroatoms. The van der Waals surface area contributed by atoms with Gasteiger partial charge in [-0.15, -0.1) is 6.42 Å². The summed E-state index contributed by atoms with van der Waals surface area (Å²) in [5.41, 5.74) is 3.16. The molecule has 0 aliphatic rings. The molecule has 0 fully saturated rings. The number of hydrogen-bond donors (Lipinski definition) is 0. The minimum absolute atomic E-state index is 0.921. The minimum Gasteiger partial charge on any atom is -0.115 e. The van der Waals surface area contributed by atoms with Gasteiger partial charge in [0.15, 0.2) is 0 Å². The van der Waals surface area contributed by atoms with Crippen molar-refractivity contribution in [3.05, 3.63) is 58.6 Å². The first-order valence-corrected chi connectivity index (χ1v) is 5.42. The highest BCUT2D eigenvalue weighted by Gasteiger charge is 2.02. The molecular weight excluding hydrogens is 248 g/mol. The zero-order valence-corrected chi connectivity index (χ0v) is 9.66. The molecule has 2 aromatic rings. The summed E-state index contributed by atoms with van der Waals surface area (Å²) in [6.07, 6.45) is 5.47. The van der Waals surface area contributed by atoms with E-state index in [-0.39, 0.29) is 0 Å². The number of rotatable bonds is 1. The summed E-state index contributed by atoms with van der Waals surface area (Å²) in [4.78, 5) is 0. The van der Waals surface area contributed by atoms with Gasteiger partial charge in [-0.2, -0.15) is 0 Å². The Labute approximate surface area is 98.1 Å². The van der Waals surface area contributed by atoms with Crippen molar-refractivity contribution in [2.24, 2.45) is 0 Å². The fourth-order valence-corrected chi connectivity index (χ4v) is 1.86. The molecule has 0 bridgehead atoms. The number of terminal acetylenes is 1. The van der Waals surface area contributed by atoms with Gasteiger partial charge in [0.2, 0.25) is 0 Å². The van der Waals surface area contributed by atoms with E-state index in [4.69, 9.17) is 6.42 Å². The fraction of sp³-hybridized carbons (Fsp3) is 0. The molecule has 0 spiro atoms. The van der Waals surface area contributed by atoms with Crippen molar-refractivity contribution in [2.75, 3.05) is 0 Å². The number of halogens is 1. The first-order valence-electron chi connectivity index (χ1n) is 4.63. The van der Waals surface area contributed by atoms with Crippen LogP contribution < -0.4 is 0 Å². The minimum atomic E-state index is 0.921. The first-order chi connectivity index (χ1) is 7.31. The van der Waals surface area contributed by atoms with Crippen LogP contribution >= 0.6 is 15.9 Å². The van der Waals surface area contributed by atoms with E-state index in [0.29, 0.717) is 0 Å². The maximum absolute atomic E-state index is 5.47. The molecule has 15 heavy (non-hydrogen) atoms. The van der Waals surface area contributed by atoms with E-state index in [9.17, 15) is 0 Å². The molecule has 0 saturated heterocycles. The zero-order valence-electron chi connectivity index (χ0n) is 8.07. The summed E-state index contributed by atoms with van der Waals surface area (Å²) < 4.78 is 1.04. The van der Waals surface area contributed by atoms with E-state index in [0.717, 1.165) is 21.2 Å². The molecule has 72 valence electrons. The van der Waals surface area contributed by atoms with Crippen LogP contribution in [0.2, 0.25) is 0 Å². The normalized spacial score (nSPS) is 9.60. The second kappa shape index (κ2) is 4.33. The smallest absolute Gasteiger partial charge is 0.0321 e. The lowest BCUT2D eigenvalue weighted by atomic mass is 10.0. The van der Waals surface area contributed by atoms with Crippen LogP contribution in [0.1, 0.15) is 5.56 Å². The maximum atomic E-state index is 5.47. The molecule has 2 rings (SSSR count). The van der Waals surface area contributed by atoms with Crippen LogP contribution in [0.25, 0.3) is 11.1 Å². The SMILES string of the molecule is C#Cc1ccc(Br)cc1-c1ccccc1. The van der Waals surface area contributed by atoms with Crippen LogP contribution in [0.5, 0.6) is 0 Å². The Balaban J connectivity index is 2.62. The second-order valence-electron chi connectivity index (χ2n) is 3.20. The van der Waals surface area contributed by atoms with Crippen molar-refractivity contribution in [3.8, 4) is 23.5 Å². The Morgan fingerprint density at radius 2 is 1.73 bits per heavy atom. The largest absolute Gasteiger partial charge is 0.115 e. The Morgan fingerprint density at radius 3 is 2.40 bits per heavy atom. The quantitative estimate of drug-likeness (QED) is 0.675. The van der Waals surface area contributed by atoms with E-state index in [1.54, 1.807) is 0 Å². The van der Waals surface area contributed by atoms with Gasteiger partial charge >= 0.3 is 0 Å². The van der Waals surface area contributed by atoms with Gasteiger partial charge in [0.05, 0.1) is 0 Å². The van der Waals surface area contributed by atoms with Crippen molar-refractivity contribution >= 4 is 15.9 Å². The van der Waals surface area contributed by atoms with Gasteiger partial charge in [0.25, 0.3) is 0 Å². The molecule has 0 saturated carbocycles. The van der Waals surface area contributed by atoms with E-state index < -0.39 is 0 Å². The molecule has 0 nitrogen and oxygen atoms in total. The lowest BCUT2D eigenvalue weighted by molar-refractivity contribution is 1.56. The summed E-state index contributed by atoms with van der Waals surface area (Å²) in [5.74, 6) is 2.70. The third-order valence-electron chi connectivity index (χ3n) is 2.22. The van der Waals surface area contributed by atoms with E-state index in [2.05, 4.69) is 34.0 Å². The van der Waals surface area contributed by atoms with Crippen molar-refractivity contribution in [3.63, 3.8) is 0 Å². The van der Waals surface area contributed by atoms with Crippen molar-refractivity contribution in [1.82, 2.24) is 0 Å². The molecule has 0 atom stereocenters. The van der Waals surface area contributed by atoms with Gasteiger partial charge in [0.1, 0.15) is 0 Å². The summed E-state index contributed by atoms with van der Waals surface area (Å²) in [5, 5.41) is 0. The van der Waals surface area contributed by atoms with Crippen LogP contribution in [0.4, 0.5) is 0 Å². The predicted octanol–water partition coefficient (Wildman–Crippen LogP) is 4.10. The average molecular weight is 257 g/mol. The van der Waals surface area contributed by atoms with Crippen LogP contribution in [0.3, 0.4) is 0 Å². The Kier molecular flexibility index (Phi) is 2.89. The molecule has 0 radical (unpaired) electrons. The summed E-state index contributed by atoms with van der Waals surface area (Å²) >= 11 is 3.45. The maximum Gasteiger partial charge on any atom is 0.0321 e. The lowest BCUT2D eigenvalue weighted by Crippen LogP contribution is -1.83. The number of benzene rings is 2. The zero-order chi connectivity index (χ0) is 10.7. The van der Waals surface area contributed by atoms with Crippen LogP contribution in [0, 0.1) is 12.3 Å². The fourth-order valence-electron chi connectivity index (χ4n) is 1.50. The van der Waals surface area contributed by atoms with E-state index in [1.807, 2.05) is 36.4 Å². The highest BCUT2D eigenvalue weighted by atomic mass is 79.9. The van der Waals surface area contributed by atoms with Crippen LogP contribution in [0.15, 0.2) is 53.0 Å². The third-order valence-corrected chi connectivity index (χ3v) is 2.72. The standard InChI is InChI=1S/C14H9Br/c1-2-11-8-9-13(15)10-14(11)12-6-4-3-5-7-12/h1,3-10H. The Morgan fingerprint density at radius 1 is 1.00 bits per heavy atom. The average Bonchev–Trinajstić information content (AvgIpc) is 2.30. The molecular formula is C14H9Br. The first kappa shape index (κ1) is 10.0. The molecule has 0 amide bonds. The molecule has 0 aromatic heterocycles. The summed E-state index contributed by atoms with van der Waals surface area (Å²) in [6, 6.07) is 16.1. The molecule has 2 aromatic carbocycles. The van der Waals surface area contributed by atoms with Crippen molar-refractivity contribution < 1.29 is 0 Å². The Hall–Kier alpha value is -1.52. The van der Waals surface area contributed by atoms with Crippen LogP contribution in [-0.4, -0.2) is 0 Å². The second-order valence-corrected chi connectivity index (χ2v) is 4.12. The summed E-state index contributed by atoms with van der Waals surface area (Å²) in [7, 11) is 0. The highest BCUT2D eigenvalue weighted by Crippen LogP contribution is 2.26. The number of hydrogen-bond acceptors (Lipinski definition) is 0. The third kappa shape index (κ3) is 2.11. The van der Waals surface area contributed by atoms with Crippen molar-refractivity contribution in [2.45, 2.75) is 0 Å². The topological polar surface area (TPSA) is 0 Å². The van der Waals surface area contributed by atoms with Gasteiger partial charge < -0.3 is 0 Å². The molecule has 0 N–H and O–H groups in total. The molecule has 0 aliphatic heterocycles. The molecule has 0 heterocycles. The van der Waals surface area contributed by atoms with Gasteiger partial charge in [-0.05, 0) is 29.3 Å². The molecule has 0 unspecified atom stereocenters. The highest BCUT2D eigenvalue weighted by molar-refractivity contribution is 9.10. The lowest BCUT2D eigenvalue weighted by Gasteiger charge is -2.05. The Bertz CT molecular complexity index is 507. The molecule has 0 aliphatic carbocycles. The predicted molar refractivity (Wildman–Crippen MR) is 67.5 cm³/mol. The summed E-state index contributed by atoms with van der Waals surface area (Å²) in [6.45, 7) is 0. The van der Waals surface area contributed by atoms with E-state index >= 15 is 0 Å².